The fraction of sp³-hybridized carbons (Fsp3) is 0.0513. The highest BCUT2D eigenvalue weighted by Crippen LogP contribution is 2.60. The molecular weight excluding hydrogens is 937 g/mol. The summed E-state index contributed by atoms with van der Waals surface area (Å²) in [6, 6.07) is 83.1. The largest absolute Gasteiger partial charge is 0.0622 e. The Bertz CT molecular complexity index is 4690. The van der Waals surface area contributed by atoms with Gasteiger partial charge in [-0.3, -0.25) is 0 Å². The Morgan fingerprint density at radius 2 is 0.359 bits per heavy atom. The Hall–Kier alpha value is -9.62. The third-order valence-corrected chi connectivity index (χ3v) is 19.0. The molecule has 0 bridgehead atoms. The van der Waals surface area contributed by atoms with Crippen LogP contribution < -0.4 is 0 Å². The first kappa shape index (κ1) is 42.6. The van der Waals surface area contributed by atoms with Crippen molar-refractivity contribution < 1.29 is 0 Å². The lowest BCUT2D eigenvalue weighted by molar-refractivity contribution is 1.47. The van der Waals surface area contributed by atoms with Crippen LogP contribution in [0.1, 0.15) is 22.3 Å². The second-order valence-electron chi connectivity index (χ2n) is 22.6. The molecule has 0 spiro atoms. The van der Waals surface area contributed by atoms with Gasteiger partial charge in [-0.05, 0) is 260 Å². The quantitative estimate of drug-likeness (QED) is 0.122. The molecule has 0 saturated heterocycles. The first-order valence-electron chi connectivity index (χ1n) is 27.7. The Balaban J connectivity index is 0.856. The predicted octanol–water partition coefficient (Wildman–Crippen LogP) is 22.1. The molecule has 0 N–H and O–H groups in total. The van der Waals surface area contributed by atoms with Gasteiger partial charge in [0, 0.05) is 0 Å². The molecule has 2 aliphatic carbocycles. The summed E-state index contributed by atoms with van der Waals surface area (Å²) in [7, 11) is 0. The summed E-state index contributed by atoms with van der Waals surface area (Å²) in [5, 5.41) is 24.3. The summed E-state index contributed by atoms with van der Waals surface area (Å²) in [5.74, 6) is 0. The highest BCUT2D eigenvalue weighted by molar-refractivity contribution is 6.45. The summed E-state index contributed by atoms with van der Waals surface area (Å²) >= 11 is 0. The van der Waals surface area contributed by atoms with Crippen LogP contribution in [0.4, 0.5) is 0 Å². The molecule has 2 aliphatic rings. The van der Waals surface area contributed by atoms with E-state index in [1.54, 1.807) is 0 Å². The van der Waals surface area contributed by atoms with E-state index in [0.717, 1.165) is 0 Å². The van der Waals surface area contributed by atoms with Crippen molar-refractivity contribution in [3.63, 3.8) is 0 Å². The molecule has 360 valence electrons. The molecule has 0 heteroatoms. The predicted molar refractivity (Wildman–Crippen MR) is 336 cm³/mol. The molecule has 0 heterocycles. The van der Waals surface area contributed by atoms with Crippen molar-refractivity contribution in [3.05, 3.63) is 241 Å². The van der Waals surface area contributed by atoms with Gasteiger partial charge in [-0.25, -0.2) is 0 Å². The molecule has 16 aromatic rings. The molecule has 78 heavy (non-hydrogen) atoms. The van der Waals surface area contributed by atoms with Gasteiger partial charge in [-0.2, -0.15) is 0 Å². The van der Waals surface area contributed by atoms with E-state index in [2.05, 4.69) is 246 Å². The third kappa shape index (κ3) is 5.25. The van der Waals surface area contributed by atoms with E-state index in [1.165, 1.54) is 208 Å². The average Bonchev–Trinajstić information content (AvgIpc) is 4.11. The first-order chi connectivity index (χ1) is 38.4. The second-order valence-corrected chi connectivity index (χ2v) is 22.6. The molecule has 18 rings (SSSR count). The summed E-state index contributed by atoms with van der Waals surface area (Å²) in [6.07, 6.45) is 0. The van der Waals surface area contributed by atoms with Gasteiger partial charge in [0.1, 0.15) is 0 Å². The number of hydrogen-bond acceptors (Lipinski definition) is 0. The van der Waals surface area contributed by atoms with Gasteiger partial charge in [-0.15, -0.1) is 0 Å². The van der Waals surface area contributed by atoms with Crippen molar-refractivity contribution >= 4 is 97.0 Å². The van der Waals surface area contributed by atoms with Crippen molar-refractivity contribution in [1.29, 1.82) is 0 Å². The van der Waals surface area contributed by atoms with Gasteiger partial charge in [0.15, 0.2) is 0 Å². The maximum atomic E-state index is 2.48. The smallest absolute Gasteiger partial charge is 0.00137 e. The maximum Gasteiger partial charge on any atom is -0.00137 e. The molecule has 0 aromatic heterocycles. The summed E-state index contributed by atoms with van der Waals surface area (Å²) in [6.45, 7) is 9.46. The van der Waals surface area contributed by atoms with Gasteiger partial charge in [-0.1, -0.05) is 194 Å². The average molecular weight is 985 g/mol. The van der Waals surface area contributed by atoms with Gasteiger partial charge >= 0.3 is 0 Å². The molecule has 0 amide bonds. The number of fused-ring (bicyclic) bond motifs is 12. The molecule has 0 fully saturated rings. The highest BCUT2D eigenvalue weighted by atomic mass is 14.4. The maximum absolute atomic E-state index is 2.48. The monoisotopic (exact) mass is 984 g/mol. The Labute approximate surface area is 451 Å². The van der Waals surface area contributed by atoms with Crippen molar-refractivity contribution in [2.75, 3.05) is 0 Å². The van der Waals surface area contributed by atoms with Crippen LogP contribution in [0.3, 0.4) is 0 Å². The van der Waals surface area contributed by atoms with Crippen molar-refractivity contribution in [2.24, 2.45) is 0 Å². The zero-order valence-electron chi connectivity index (χ0n) is 43.8. The number of hydrogen-bond donors (Lipinski definition) is 0. The van der Waals surface area contributed by atoms with E-state index >= 15 is 0 Å². The van der Waals surface area contributed by atoms with E-state index in [-0.39, 0.29) is 0 Å². The molecule has 0 radical (unpaired) electrons. The van der Waals surface area contributed by atoms with Gasteiger partial charge < -0.3 is 0 Å². The minimum Gasteiger partial charge on any atom is -0.0622 e. The van der Waals surface area contributed by atoms with Crippen molar-refractivity contribution in [1.82, 2.24) is 0 Å². The van der Waals surface area contributed by atoms with Gasteiger partial charge in [0.05, 0.1) is 0 Å². The van der Waals surface area contributed by atoms with E-state index in [0.29, 0.717) is 0 Å². The van der Waals surface area contributed by atoms with E-state index < -0.39 is 0 Å². The van der Waals surface area contributed by atoms with Crippen LogP contribution >= 0.6 is 0 Å². The second kappa shape index (κ2) is 15.1. The lowest BCUT2D eigenvalue weighted by atomic mass is 9.82. The van der Waals surface area contributed by atoms with Crippen molar-refractivity contribution in [2.45, 2.75) is 27.7 Å². The molecule has 0 nitrogen and oxygen atoms in total. The topological polar surface area (TPSA) is 0 Å². The van der Waals surface area contributed by atoms with Crippen LogP contribution in [0.15, 0.2) is 218 Å². The van der Waals surface area contributed by atoms with Crippen LogP contribution in [0.25, 0.3) is 186 Å². The van der Waals surface area contributed by atoms with E-state index in [9.17, 15) is 0 Å². The zero-order chi connectivity index (χ0) is 51.4. The Morgan fingerprint density at radius 3 is 0.577 bits per heavy atom. The van der Waals surface area contributed by atoms with Crippen LogP contribution in [-0.4, -0.2) is 0 Å². The van der Waals surface area contributed by atoms with Crippen LogP contribution in [0.2, 0.25) is 0 Å². The fourth-order valence-corrected chi connectivity index (χ4v) is 15.6. The standard InChI is InChI=1S/C78H48/c1-41-61-37-65(45-17-9-5-10-18-45)66(46-19-11-6-12-20-46)38-62(61)42(2)70-58-34-30-54-50-26-28-52-56-32-36-60-72-44(4)64-40-68(48-23-15-8-16-24-48)67(47-21-13-7-14-22-47)39-63(64)43(3)71(72)59-35-31-55(76(56)78(59)60)51-27-25-49(73(50)74(51)52)53-29-33-57(69(41)70)77(58)75(53)54/h5-40H,1-4H3. The zero-order valence-corrected chi connectivity index (χ0v) is 43.8. The minimum absolute atomic E-state index is 1.24. The molecule has 0 unspecified atom stereocenters. The SMILES string of the molecule is Cc1c2c(c(C)c3cc(-c4ccccc4)c(-c4ccccc4)cc13)-c1ccc3c4ccc5c6ccc7c8c(ccc(c9ccc(c%10ccc-2c1c%103)c4c95)c86)-c1c-7c(C)c2cc(-c3ccccc3)c(-c3ccccc3)cc2c1C. The van der Waals surface area contributed by atoms with E-state index in [4.69, 9.17) is 0 Å². The molecule has 16 aromatic carbocycles. The molecule has 0 aliphatic heterocycles. The third-order valence-electron chi connectivity index (χ3n) is 19.0. The fourth-order valence-electron chi connectivity index (χ4n) is 15.6. The summed E-state index contributed by atoms with van der Waals surface area (Å²) < 4.78 is 0. The van der Waals surface area contributed by atoms with Crippen molar-refractivity contribution in [3.8, 4) is 89.0 Å². The Kier molecular flexibility index (Phi) is 8.23. The minimum atomic E-state index is 1.24. The lowest BCUT2D eigenvalue weighted by Gasteiger charge is -2.20. The highest BCUT2D eigenvalue weighted by Gasteiger charge is 2.33. The molecule has 0 atom stereocenters. The Morgan fingerprint density at radius 1 is 0.167 bits per heavy atom. The van der Waals surface area contributed by atoms with Crippen LogP contribution in [-0.2, 0) is 0 Å². The normalized spacial score (nSPS) is 12.6. The van der Waals surface area contributed by atoms with Gasteiger partial charge in [0.2, 0.25) is 0 Å². The molecular formula is C78H48. The van der Waals surface area contributed by atoms with E-state index in [1.807, 2.05) is 0 Å². The summed E-state index contributed by atoms with van der Waals surface area (Å²) in [5.41, 5.74) is 26.4. The summed E-state index contributed by atoms with van der Waals surface area (Å²) in [4.78, 5) is 0. The van der Waals surface area contributed by atoms with Crippen LogP contribution in [0.5, 0.6) is 0 Å². The molecule has 0 saturated carbocycles. The number of rotatable bonds is 4. The first-order valence-corrected chi connectivity index (χ1v) is 27.7. The number of benzene rings is 16. The number of aryl methyl sites for hydroxylation is 4. The van der Waals surface area contributed by atoms with Crippen LogP contribution in [0, 0.1) is 27.7 Å². The lowest BCUT2D eigenvalue weighted by Crippen LogP contribution is -1.94. The van der Waals surface area contributed by atoms with Gasteiger partial charge in [0.25, 0.3) is 0 Å².